The Morgan fingerprint density at radius 1 is 1.10 bits per heavy atom. The first-order valence-electron chi connectivity index (χ1n) is 9.60. The summed E-state index contributed by atoms with van der Waals surface area (Å²) in [5.41, 5.74) is 5.13. The van der Waals surface area contributed by atoms with Crippen molar-refractivity contribution in [2.24, 2.45) is 0 Å². The summed E-state index contributed by atoms with van der Waals surface area (Å²) in [5.74, 6) is 0.728. The maximum absolute atomic E-state index is 12.4. The van der Waals surface area contributed by atoms with Crippen LogP contribution in [0.1, 0.15) is 23.2 Å². The molecule has 144 valence electrons. The number of para-hydroxylation sites is 1. The molecule has 0 saturated heterocycles. The van der Waals surface area contributed by atoms with Gasteiger partial charge in [0.1, 0.15) is 11.4 Å². The van der Waals surface area contributed by atoms with Crippen LogP contribution in [0.25, 0.3) is 33.3 Å². The van der Waals surface area contributed by atoms with E-state index in [0.717, 1.165) is 51.9 Å². The van der Waals surface area contributed by atoms with Crippen LogP contribution in [0.15, 0.2) is 61.2 Å². The molecule has 1 amide bonds. The van der Waals surface area contributed by atoms with Crippen LogP contribution in [-0.4, -0.2) is 34.0 Å². The second-order valence-electron chi connectivity index (χ2n) is 7.23. The van der Waals surface area contributed by atoms with Gasteiger partial charge in [0, 0.05) is 58.5 Å². The SMILES string of the molecule is COc1ccccc1-c1c[nH]c2ncc(-c3cncc(C(=O)NC4CC4)c3)cc12. The second kappa shape index (κ2) is 7.05. The average molecular weight is 384 g/mol. The summed E-state index contributed by atoms with van der Waals surface area (Å²) in [6.07, 6.45) is 9.20. The normalized spacial score (nSPS) is 13.4. The fourth-order valence-electron chi connectivity index (χ4n) is 3.47. The van der Waals surface area contributed by atoms with Crippen molar-refractivity contribution in [2.45, 2.75) is 18.9 Å². The van der Waals surface area contributed by atoms with Gasteiger partial charge in [-0.25, -0.2) is 4.98 Å². The minimum Gasteiger partial charge on any atom is -0.496 e. The topological polar surface area (TPSA) is 79.9 Å². The highest BCUT2D eigenvalue weighted by Crippen LogP contribution is 2.35. The maximum atomic E-state index is 12.4. The first kappa shape index (κ1) is 17.4. The summed E-state index contributed by atoms with van der Waals surface area (Å²) in [7, 11) is 1.67. The summed E-state index contributed by atoms with van der Waals surface area (Å²) >= 11 is 0. The minimum absolute atomic E-state index is 0.0766. The number of hydrogen-bond acceptors (Lipinski definition) is 4. The van der Waals surface area contributed by atoms with E-state index in [2.05, 4.69) is 26.3 Å². The van der Waals surface area contributed by atoms with Crippen molar-refractivity contribution in [1.29, 1.82) is 0 Å². The molecule has 1 saturated carbocycles. The largest absolute Gasteiger partial charge is 0.496 e. The molecule has 1 aromatic carbocycles. The third-order valence-corrected chi connectivity index (χ3v) is 5.17. The second-order valence-corrected chi connectivity index (χ2v) is 7.23. The number of rotatable bonds is 5. The lowest BCUT2D eigenvalue weighted by molar-refractivity contribution is 0.0950. The number of benzene rings is 1. The summed E-state index contributed by atoms with van der Waals surface area (Å²) in [6.45, 7) is 0. The monoisotopic (exact) mass is 384 g/mol. The average Bonchev–Trinajstić information content (AvgIpc) is 3.49. The third-order valence-electron chi connectivity index (χ3n) is 5.17. The van der Waals surface area contributed by atoms with Gasteiger partial charge in [-0.15, -0.1) is 0 Å². The molecule has 6 nitrogen and oxygen atoms in total. The predicted molar refractivity (Wildman–Crippen MR) is 112 cm³/mol. The summed E-state index contributed by atoms with van der Waals surface area (Å²) in [5, 5.41) is 3.99. The number of pyridine rings is 2. The molecule has 2 N–H and O–H groups in total. The highest BCUT2D eigenvalue weighted by Gasteiger charge is 2.24. The molecule has 6 heteroatoms. The highest BCUT2D eigenvalue weighted by molar-refractivity contribution is 5.98. The Hall–Kier alpha value is -3.67. The molecule has 0 bridgehead atoms. The first-order valence-corrected chi connectivity index (χ1v) is 9.60. The predicted octanol–water partition coefficient (Wildman–Crippen LogP) is 4.19. The number of H-pyrrole nitrogens is 1. The number of hydrogen-bond donors (Lipinski definition) is 2. The first-order chi connectivity index (χ1) is 14.2. The molecule has 0 spiro atoms. The Bertz CT molecular complexity index is 1210. The van der Waals surface area contributed by atoms with Crippen molar-refractivity contribution in [1.82, 2.24) is 20.3 Å². The van der Waals surface area contributed by atoms with Crippen LogP contribution in [0.2, 0.25) is 0 Å². The molecule has 0 unspecified atom stereocenters. The van der Waals surface area contributed by atoms with Gasteiger partial charge in [0.25, 0.3) is 5.91 Å². The van der Waals surface area contributed by atoms with Crippen LogP contribution in [0, 0.1) is 0 Å². The van der Waals surface area contributed by atoms with Crippen LogP contribution in [-0.2, 0) is 0 Å². The fourth-order valence-corrected chi connectivity index (χ4v) is 3.47. The van der Waals surface area contributed by atoms with Crippen molar-refractivity contribution < 1.29 is 9.53 Å². The number of methoxy groups -OCH3 is 1. The van der Waals surface area contributed by atoms with Crippen LogP contribution in [0.3, 0.4) is 0 Å². The molecule has 1 aliphatic carbocycles. The van der Waals surface area contributed by atoms with E-state index in [1.165, 1.54) is 0 Å². The van der Waals surface area contributed by atoms with Gasteiger partial charge in [0.05, 0.1) is 12.7 Å². The van der Waals surface area contributed by atoms with Crippen LogP contribution in [0.5, 0.6) is 5.75 Å². The molecule has 5 rings (SSSR count). The van der Waals surface area contributed by atoms with Crippen LogP contribution in [0.4, 0.5) is 0 Å². The quantitative estimate of drug-likeness (QED) is 0.541. The lowest BCUT2D eigenvalue weighted by Crippen LogP contribution is -2.25. The van der Waals surface area contributed by atoms with E-state index in [9.17, 15) is 4.79 Å². The third kappa shape index (κ3) is 3.33. The number of nitrogens with one attached hydrogen (secondary N) is 2. The van der Waals surface area contributed by atoms with Gasteiger partial charge in [-0.1, -0.05) is 18.2 Å². The van der Waals surface area contributed by atoms with Gasteiger partial charge >= 0.3 is 0 Å². The standard InChI is InChI=1S/C23H20N4O2/c1-29-21-5-3-2-4-18(21)20-13-26-22-19(20)9-15(12-25-22)14-8-16(11-24-10-14)23(28)27-17-6-7-17/h2-5,8-13,17H,6-7H2,1H3,(H,25,26)(H,27,28). The summed E-state index contributed by atoms with van der Waals surface area (Å²) in [4.78, 5) is 24.4. The molecule has 29 heavy (non-hydrogen) atoms. The van der Waals surface area contributed by atoms with E-state index >= 15 is 0 Å². The van der Waals surface area contributed by atoms with E-state index in [4.69, 9.17) is 4.74 Å². The smallest absolute Gasteiger partial charge is 0.253 e. The van der Waals surface area contributed by atoms with E-state index in [0.29, 0.717) is 11.6 Å². The number of nitrogens with zero attached hydrogens (tertiary/aromatic N) is 2. The summed E-state index contributed by atoms with van der Waals surface area (Å²) in [6, 6.07) is 12.1. The lowest BCUT2D eigenvalue weighted by Gasteiger charge is -2.08. The molecule has 0 aliphatic heterocycles. The van der Waals surface area contributed by atoms with Gasteiger partial charge in [0.2, 0.25) is 0 Å². The van der Waals surface area contributed by atoms with Crippen molar-refractivity contribution >= 4 is 16.9 Å². The molecule has 0 atom stereocenters. The van der Waals surface area contributed by atoms with Crippen molar-refractivity contribution in [3.05, 3.63) is 66.7 Å². The van der Waals surface area contributed by atoms with E-state index < -0.39 is 0 Å². The Morgan fingerprint density at radius 3 is 2.76 bits per heavy atom. The number of carbonyl (C=O) groups excluding carboxylic acids is 1. The number of ether oxygens (including phenoxy) is 1. The van der Waals surface area contributed by atoms with Crippen LogP contribution < -0.4 is 10.1 Å². The molecule has 1 aliphatic rings. The molecule has 4 aromatic rings. The summed E-state index contributed by atoms with van der Waals surface area (Å²) < 4.78 is 5.52. The molecule has 3 heterocycles. The Labute approximate surface area is 168 Å². The van der Waals surface area contributed by atoms with Gasteiger partial charge in [-0.05, 0) is 31.0 Å². The van der Waals surface area contributed by atoms with Crippen molar-refractivity contribution in [3.8, 4) is 28.0 Å². The van der Waals surface area contributed by atoms with Gasteiger partial charge in [-0.3, -0.25) is 9.78 Å². The van der Waals surface area contributed by atoms with Crippen molar-refractivity contribution in [2.75, 3.05) is 7.11 Å². The molecule has 1 fully saturated rings. The Morgan fingerprint density at radius 2 is 1.93 bits per heavy atom. The molecule has 3 aromatic heterocycles. The van der Waals surface area contributed by atoms with Gasteiger partial charge < -0.3 is 15.0 Å². The minimum atomic E-state index is -0.0766. The number of aromatic nitrogens is 3. The number of aromatic amines is 1. The van der Waals surface area contributed by atoms with Gasteiger partial charge in [0.15, 0.2) is 0 Å². The zero-order valence-electron chi connectivity index (χ0n) is 16.0. The van der Waals surface area contributed by atoms with Crippen molar-refractivity contribution in [3.63, 3.8) is 0 Å². The van der Waals surface area contributed by atoms with E-state index in [1.54, 1.807) is 25.7 Å². The van der Waals surface area contributed by atoms with Crippen LogP contribution >= 0.6 is 0 Å². The Balaban J connectivity index is 1.56. The molecular weight excluding hydrogens is 364 g/mol. The Kier molecular flexibility index (Phi) is 4.24. The fraction of sp³-hybridized carbons (Fsp3) is 0.174. The van der Waals surface area contributed by atoms with E-state index in [-0.39, 0.29) is 5.91 Å². The zero-order chi connectivity index (χ0) is 19.8. The molecule has 0 radical (unpaired) electrons. The van der Waals surface area contributed by atoms with Gasteiger partial charge in [-0.2, -0.15) is 0 Å². The number of fused-ring (bicyclic) bond motifs is 1. The number of carbonyl (C=O) groups is 1. The molecular formula is C23H20N4O2. The zero-order valence-corrected chi connectivity index (χ0v) is 16.0. The lowest BCUT2D eigenvalue weighted by atomic mass is 10.0. The number of amides is 1. The highest BCUT2D eigenvalue weighted by atomic mass is 16.5. The maximum Gasteiger partial charge on any atom is 0.253 e. The van der Waals surface area contributed by atoms with E-state index in [1.807, 2.05) is 36.5 Å².